The van der Waals surface area contributed by atoms with Gasteiger partial charge in [-0.1, -0.05) is 12.1 Å². The van der Waals surface area contributed by atoms with Crippen LogP contribution in [0.1, 0.15) is 12.8 Å². The van der Waals surface area contributed by atoms with Crippen LogP contribution < -0.4 is 15.0 Å². The molecule has 2 fully saturated rings. The van der Waals surface area contributed by atoms with Gasteiger partial charge in [0.05, 0.1) is 19.3 Å². The molecule has 0 unspecified atom stereocenters. The predicted molar refractivity (Wildman–Crippen MR) is 104 cm³/mol. The van der Waals surface area contributed by atoms with E-state index in [0.29, 0.717) is 12.6 Å². The minimum Gasteiger partial charge on any atom is -0.497 e. The Bertz CT molecular complexity index is 783. The summed E-state index contributed by atoms with van der Waals surface area (Å²) in [6.45, 7) is 3.47. The van der Waals surface area contributed by atoms with E-state index in [2.05, 4.69) is 20.4 Å². The molecule has 1 saturated carbocycles. The van der Waals surface area contributed by atoms with E-state index in [-0.39, 0.29) is 5.91 Å². The molecule has 1 aromatic carbocycles. The second-order valence-corrected chi connectivity index (χ2v) is 7.03. The lowest BCUT2D eigenvalue weighted by molar-refractivity contribution is -0.130. The Labute approximate surface area is 159 Å². The van der Waals surface area contributed by atoms with Crippen LogP contribution in [0, 0.1) is 0 Å². The summed E-state index contributed by atoms with van der Waals surface area (Å²) in [6.07, 6.45) is 2.40. The van der Waals surface area contributed by atoms with Crippen molar-refractivity contribution in [2.45, 2.75) is 18.9 Å². The van der Waals surface area contributed by atoms with E-state index in [0.717, 1.165) is 49.0 Å². The zero-order chi connectivity index (χ0) is 18.6. The number of amides is 1. The quantitative estimate of drug-likeness (QED) is 0.835. The van der Waals surface area contributed by atoms with E-state index < -0.39 is 0 Å². The standard InChI is InChI=1S/C20H25N5O2/c1-27-17-4-2-3-15(13-17)18-7-8-19(23-22-18)24-9-11-25(12-10-24)20(26)14-21-16-5-6-16/h2-4,7-8,13,16,21H,5-6,9-12,14H2,1H3. The molecule has 2 aliphatic rings. The van der Waals surface area contributed by atoms with Crippen molar-refractivity contribution in [3.63, 3.8) is 0 Å². The van der Waals surface area contributed by atoms with Crippen molar-refractivity contribution in [2.24, 2.45) is 0 Å². The molecule has 1 N–H and O–H groups in total. The molecule has 1 aliphatic heterocycles. The van der Waals surface area contributed by atoms with Crippen LogP contribution in [-0.4, -0.2) is 66.9 Å². The third-order valence-electron chi connectivity index (χ3n) is 5.09. The van der Waals surface area contributed by atoms with Crippen LogP contribution in [0.25, 0.3) is 11.3 Å². The fraction of sp³-hybridized carbons (Fsp3) is 0.450. The average molecular weight is 367 g/mol. The molecule has 1 amide bonds. The van der Waals surface area contributed by atoms with Crippen molar-refractivity contribution in [1.29, 1.82) is 0 Å². The average Bonchev–Trinajstić information content (AvgIpc) is 3.57. The number of methoxy groups -OCH3 is 1. The number of rotatable bonds is 6. The number of aromatic nitrogens is 2. The van der Waals surface area contributed by atoms with Crippen molar-refractivity contribution >= 4 is 11.7 Å². The van der Waals surface area contributed by atoms with Gasteiger partial charge in [0.25, 0.3) is 0 Å². The SMILES string of the molecule is COc1cccc(-c2ccc(N3CCN(C(=O)CNC4CC4)CC3)nn2)c1. The maximum absolute atomic E-state index is 12.2. The third-order valence-corrected chi connectivity index (χ3v) is 5.09. The Morgan fingerprint density at radius 1 is 1.15 bits per heavy atom. The molecule has 1 saturated heterocycles. The van der Waals surface area contributed by atoms with E-state index in [1.165, 1.54) is 12.8 Å². The summed E-state index contributed by atoms with van der Waals surface area (Å²) >= 11 is 0. The summed E-state index contributed by atoms with van der Waals surface area (Å²) in [5.74, 6) is 1.85. The zero-order valence-corrected chi connectivity index (χ0v) is 15.6. The highest BCUT2D eigenvalue weighted by Gasteiger charge is 2.25. The number of piperazine rings is 1. The van der Waals surface area contributed by atoms with Gasteiger partial charge in [-0.25, -0.2) is 0 Å². The highest BCUT2D eigenvalue weighted by atomic mass is 16.5. The molecule has 0 spiro atoms. The fourth-order valence-corrected chi connectivity index (χ4v) is 3.25. The predicted octanol–water partition coefficient (Wildman–Crippen LogP) is 1.55. The van der Waals surface area contributed by atoms with Crippen LogP contribution in [0.15, 0.2) is 36.4 Å². The summed E-state index contributed by atoms with van der Waals surface area (Å²) in [5.41, 5.74) is 1.80. The smallest absolute Gasteiger partial charge is 0.236 e. The molecule has 2 aromatic rings. The topological polar surface area (TPSA) is 70.6 Å². The molecule has 0 bridgehead atoms. The molecule has 7 nitrogen and oxygen atoms in total. The summed E-state index contributed by atoms with van der Waals surface area (Å²) in [4.78, 5) is 16.3. The molecule has 4 rings (SSSR count). The van der Waals surface area contributed by atoms with Crippen molar-refractivity contribution < 1.29 is 9.53 Å². The molecule has 1 aromatic heterocycles. The van der Waals surface area contributed by atoms with Gasteiger partial charge >= 0.3 is 0 Å². The molecule has 2 heterocycles. The Kier molecular flexibility index (Phi) is 5.20. The lowest BCUT2D eigenvalue weighted by atomic mass is 10.1. The van der Waals surface area contributed by atoms with E-state index in [1.807, 2.05) is 41.3 Å². The largest absolute Gasteiger partial charge is 0.497 e. The minimum absolute atomic E-state index is 0.195. The number of nitrogens with zero attached hydrogens (tertiary/aromatic N) is 4. The van der Waals surface area contributed by atoms with Gasteiger partial charge in [-0.3, -0.25) is 4.79 Å². The molecule has 0 radical (unpaired) electrons. The van der Waals surface area contributed by atoms with Gasteiger partial charge in [0, 0.05) is 37.8 Å². The fourth-order valence-electron chi connectivity index (χ4n) is 3.25. The molecular weight excluding hydrogens is 342 g/mol. The van der Waals surface area contributed by atoms with Gasteiger partial charge in [-0.05, 0) is 37.1 Å². The lowest BCUT2D eigenvalue weighted by Gasteiger charge is -2.35. The van der Waals surface area contributed by atoms with Crippen LogP contribution in [-0.2, 0) is 4.79 Å². The number of benzene rings is 1. The van der Waals surface area contributed by atoms with Crippen molar-refractivity contribution in [3.05, 3.63) is 36.4 Å². The molecule has 142 valence electrons. The first-order chi connectivity index (χ1) is 13.2. The Balaban J connectivity index is 1.33. The van der Waals surface area contributed by atoms with Crippen molar-refractivity contribution in [2.75, 3.05) is 44.7 Å². The van der Waals surface area contributed by atoms with Gasteiger partial charge in [0.1, 0.15) is 5.75 Å². The number of carbonyl (C=O) groups is 1. The Morgan fingerprint density at radius 3 is 2.63 bits per heavy atom. The van der Waals surface area contributed by atoms with Gasteiger partial charge in [-0.2, -0.15) is 0 Å². The van der Waals surface area contributed by atoms with Gasteiger partial charge < -0.3 is 19.9 Å². The highest BCUT2D eigenvalue weighted by Crippen LogP contribution is 2.23. The molecule has 7 heteroatoms. The van der Waals surface area contributed by atoms with E-state index in [4.69, 9.17) is 4.74 Å². The van der Waals surface area contributed by atoms with Crippen molar-refractivity contribution in [1.82, 2.24) is 20.4 Å². The summed E-state index contributed by atoms with van der Waals surface area (Å²) in [5, 5.41) is 12.1. The van der Waals surface area contributed by atoms with E-state index >= 15 is 0 Å². The zero-order valence-electron chi connectivity index (χ0n) is 15.6. The van der Waals surface area contributed by atoms with Gasteiger partial charge in [0.15, 0.2) is 5.82 Å². The normalized spacial score (nSPS) is 17.1. The monoisotopic (exact) mass is 367 g/mol. The van der Waals surface area contributed by atoms with Crippen LogP contribution in [0.2, 0.25) is 0 Å². The second kappa shape index (κ2) is 7.92. The van der Waals surface area contributed by atoms with E-state index in [1.54, 1.807) is 7.11 Å². The van der Waals surface area contributed by atoms with Gasteiger partial charge in [0.2, 0.25) is 5.91 Å². The lowest BCUT2D eigenvalue weighted by Crippen LogP contribution is -2.51. The van der Waals surface area contributed by atoms with Crippen LogP contribution in [0.4, 0.5) is 5.82 Å². The highest BCUT2D eigenvalue weighted by molar-refractivity contribution is 5.78. The molecular formula is C20H25N5O2. The first-order valence-electron chi connectivity index (χ1n) is 9.47. The Hall–Kier alpha value is -2.67. The summed E-state index contributed by atoms with van der Waals surface area (Å²) in [7, 11) is 1.65. The van der Waals surface area contributed by atoms with E-state index in [9.17, 15) is 4.79 Å². The number of carbonyl (C=O) groups excluding carboxylic acids is 1. The number of hydrogen-bond donors (Lipinski definition) is 1. The summed E-state index contributed by atoms with van der Waals surface area (Å²) < 4.78 is 5.27. The Morgan fingerprint density at radius 2 is 1.96 bits per heavy atom. The van der Waals surface area contributed by atoms with Crippen LogP contribution >= 0.6 is 0 Å². The van der Waals surface area contributed by atoms with Crippen LogP contribution in [0.3, 0.4) is 0 Å². The number of anilines is 1. The number of ether oxygens (including phenoxy) is 1. The molecule has 1 aliphatic carbocycles. The first kappa shape index (κ1) is 17.7. The summed E-state index contributed by atoms with van der Waals surface area (Å²) in [6, 6.07) is 12.3. The van der Waals surface area contributed by atoms with Crippen molar-refractivity contribution in [3.8, 4) is 17.0 Å². The third kappa shape index (κ3) is 4.36. The number of hydrogen-bond acceptors (Lipinski definition) is 6. The van der Waals surface area contributed by atoms with Crippen LogP contribution in [0.5, 0.6) is 5.75 Å². The minimum atomic E-state index is 0.195. The molecule has 0 atom stereocenters. The first-order valence-corrected chi connectivity index (χ1v) is 9.47. The number of nitrogens with one attached hydrogen (secondary N) is 1. The van der Waals surface area contributed by atoms with Gasteiger partial charge in [-0.15, -0.1) is 10.2 Å². The second-order valence-electron chi connectivity index (χ2n) is 7.03. The maximum Gasteiger partial charge on any atom is 0.236 e. The molecule has 27 heavy (non-hydrogen) atoms. The maximum atomic E-state index is 12.2.